The molecule has 1 aliphatic heterocycles. The highest BCUT2D eigenvalue weighted by Crippen LogP contribution is 2.40. The number of rotatable bonds is 3. The average Bonchev–Trinajstić information content (AvgIpc) is 3.36. The number of hydrogen-bond acceptors (Lipinski definition) is 2. The smallest absolute Gasteiger partial charge is 0.253 e. The monoisotopic (exact) mass is 389 g/mol. The molecule has 0 radical (unpaired) electrons. The van der Waals surface area contributed by atoms with Crippen molar-refractivity contribution in [2.24, 2.45) is 7.05 Å². The van der Waals surface area contributed by atoms with Gasteiger partial charge in [-0.25, -0.2) is 0 Å². The molecule has 0 saturated carbocycles. The van der Waals surface area contributed by atoms with Crippen LogP contribution in [0.5, 0.6) is 0 Å². The van der Waals surface area contributed by atoms with Gasteiger partial charge < -0.3 is 14.9 Å². The number of aromatic nitrogens is 2. The van der Waals surface area contributed by atoms with Gasteiger partial charge in [0.15, 0.2) is 0 Å². The highest BCUT2D eigenvalue weighted by molar-refractivity contribution is 5.92. The van der Waals surface area contributed by atoms with Crippen LogP contribution < -0.4 is 10.9 Å². The van der Waals surface area contributed by atoms with Crippen molar-refractivity contribution in [2.75, 3.05) is 13.1 Å². The molecule has 0 bridgehead atoms. The fourth-order valence-corrected chi connectivity index (χ4v) is 5.49. The van der Waals surface area contributed by atoms with Crippen molar-refractivity contribution in [3.63, 3.8) is 0 Å². The zero-order valence-corrected chi connectivity index (χ0v) is 17.8. The normalized spacial score (nSPS) is 17.4. The molecule has 1 saturated heterocycles. The van der Waals surface area contributed by atoms with E-state index in [1.165, 1.54) is 51.7 Å². The van der Waals surface area contributed by atoms with Crippen LogP contribution in [0.2, 0.25) is 0 Å². The fourth-order valence-electron chi connectivity index (χ4n) is 5.49. The van der Waals surface area contributed by atoms with Crippen molar-refractivity contribution in [1.82, 2.24) is 14.9 Å². The summed E-state index contributed by atoms with van der Waals surface area (Å²) in [5, 5.41) is 4.83. The molecule has 2 N–H and O–H groups in total. The Morgan fingerprint density at radius 1 is 1.10 bits per heavy atom. The van der Waals surface area contributed by atoms with E-state index in [9.17, 15) is 4.79 Å². The lowest BCUT2D eigenvalue weighted by atomic mass is 9.88. The van der Waals surface area contributed by atoms with E-state index in [1.807, 2.05) is 7.05 Å². The number of nitrogens with one attached hydrogen (secondary N) is 2. The van der Waals surface area contributed by atoms with Gasteiger partial charge in [0.2, 0.25) is 0 Å². The van der Waals surface area contributed by atoms with Crippen molar-refractivity contribution < 1.29 is 0 Å². The van der Waals surface area contributed by atoms with Crippen molar-refractivity contribution in [3.8, 4) is 11.3 Å². The highest BCUT2D eigenvalue weighted by atomic mass is 16.1. The number of benzene rings is 1. The average molecular weight is 390 g/mol. The van der Waals surface area contributed by atoms with Crippen molar-refractivity contribution in [3.05, 3.63) is 57.0 Å². The zero-order valence-electron chi connectivity index (χ0n) is 17.8. The Balaban J connectivity index is 1.71. The van der Waals surface area contributed by atoms with Crippen LogP contribution in [-0.2, 0) is 19.9 Å². The summed E-state index contributed by atoms with van der Waals surface area (Å²) in [5.74, 6) is 1.07. The maximum absolute atomic E-state index is 12.6. The van der Waals surface area contributed by atoms with E-state index in [4.69, 9.17) is 0 Å². The molecule has 3 heterocycles. The Morgan fingerprint density at radius 3 is 2.62 bits per heavy atom. The Bertz CT molecular complexity index is 1130. The summed E-state index contributed by atoms with van der Waals surface area (Å²) >= 11 is 0. The topological polar surface area (TPSA) is 49.8 Å². The summed E-state index contributed by atoms with van der Waals surface area (Å²) in [6.45, 7) is 6.79. The summed E-state index contributed by atoms with van der Waals surface area (Å²) in [6, 6.07) is 7.01. The van der Waals surface area contributed by atoms with Gasteiger partial charge in [-0.15, -0.1) is 0 Å². The van der Waals surface area contributed by atoms with Gasteiger partial charge in [-0.3, -0.25) is 4.79 Å². The van der Waals surface area contributed by atoms with Gasteiger partial charge in [-0.1, -0.05) is 19.9 Å². The van der Waals surface area contributed by atoms with E-state index < -0.39 is 0 Å². The molecule has 1 aromatic carbocycles. The zero-order chi connectivity index (χ0) is 20.1. The minimum absolute atomic E-state index is 0.177. The van der Waals surface area contributed by atoms with Gasteiger partial charge in [0.05, 0.1) is 5.69 Å². The third-order valence-corrected chi connectivity index (χ3v) is 6.96. The van der Waals surface area contributed by atoms with E-state index >= 15 is 0 Å². The van der Waals surface area contributed by atoms with E-state index in [2.05, 4.69) is 48.5 Å². The van der Waals surface area contributed by atoms with Crippen LogP contribution in [0.3, 0.4) is 0 Å². The molecule has 2 aliphatic rings. The van der Waals surface area contributed by atoms with Crippen LogP contribution >= 0.6 is 0 Å². The lowest BCUT2D eigenvalue weighted by molar-refractivity contribution is 0.460. The minimum atomic E-state index is 0.177. The molecule has 0 spiro atoms. The SMILES string of the molecule is CC(C)c1c(-c2cn(C)c(=O)c3c2CCC3)[nH]c2ccc(C3CCNCC3)cc12. The molecule has 152 valence electrons. The van der Waals surface area contributed by atoms with Crippen molar-refractivity contribution in [1.29, 1.82) is 0 Å². The summed E-state index contributed by atoms with van der Waals surface area (Å²) in [6.07, 6.45) is 7.48. The fraction of sp³-hybridized carbons (Fsp3) is 0.480. The van der Waals surface area contributed by atoms with Crippen LogP contribution in [0.25, 0.3) is 22.2 Å². The van der Waals surface area contributed by atoms with Crippen LogP contribution in [0.1, 0.15) is 67.2 Å². The summed E-state index contributed by atoms with van der Waals surface area (Å²) in [7, 11) is 1.89. The number of hydrogen-bond donors (Lipinski definition) is 2. The van der Waals surface area contributed by atoms with Crippen LogP contribution in [0, 0.1) is 0 Å². The molecule has 0 unspecified atom stereocenters. The Morgan fingerprint density at radius 2 is 1.86 bits per heavy atom. The third-order valence-electron chi connectivity index (χ3n) is 6.96. The second-order valence-corrected chi connectivity index (χ2v) is 9.17. The number of H-pyrrole nitrogens is 1. The molecule has 5 rings (SSSR count). The first-order valence-electron chi connectivity index (χ1n) is 11.1. The molecule has 1 fully saturated rings. The van der Waals surface area contributed by atoms with E-state index in [0.717, 1.165) is 37.9 Å². The molecular weight excluding hydrogens is 358 g/mol. The first-order chi connectivity index (χ1) is 14.0. The standard InChI is InChI=1S/C25H31N3O/c1-15(2)23-20-13-17(16-9-11-26-12-10-16)7-8-22(20)27-24(23)21-14-28(3)25(29)19-6-4-5-18(19)21/h7-8,13-16,26-27H,4-6,9-12H2,1-3H3. The quantitative estimate of drug-likeness (QED) is 0.687. The first-order valence-corrected chi connectivity index (χ1v) is 11.1. The molecule has 0 amide bonds. The maximum Gasteiger partial charge on any atom is 0.253 e. The van der Waals surface area contributed by atoms with Gasteiger partial charge >= 0.3 is 0 Å². The number of fused-ring (bicyclic) bond motifs is 2. The first kappa shape index (κ1) is 18.7. The number of pyridine rings is 1. The number of aromatic amines is 1. The lowest BCUT2D eigenvalue weighted by Crippen LogP contribution is -2.26. The van der Waals surface area contributed by atoms with E-state index in [-0.39, 0.29) is 5.56 Å². The van der Waals surface area contributed by atoms with Gasteiger partial charge in [0, 0.05) is 35.3 Å². The Hall–Kier alpha value is -2.33. The molecule has 29 heavy (non-hydrogen) atoms. The number of aryl methyl sites for hydroxylation is 1. The molecule has 0 atom stereocenters. The predicted molar refractivity (Wildman–Crippen MR) is 120 cm³/mol. The largest absolute Gasteiger partial charge is 0.354 e. The van der Waals surface area contributed by atoms with Gasteiger partial charge in [-0.05, 0) is 85.9 Å². The predicted octanol–water partition coefficient (Wildman–Crippen LogP) is 4.61. The number of nitrogens with zero attached hydrogens (tertiary/aromatic N) is 1. The Labute approximate surface area is 172 Å². The van der Waals surface area contributed by atoms with Crippen LogP contribution in [0.4, 0.5) is 0 Å². The molecule has 2 aromatic heterocycles. The highest BCUT2D eigenvalue weighted by Gasteiger charge is 2.25. The second-order valence-electron chi connectivity index (χ2n) is 9.17. The molecular formula is C25H31N3O. The second kappa shape index (κ2) is 7.17. The van der Waals surface area contributed by atoms with E-state index in [1.54, 1.807) is 4.57 Å². The van der Waals surface area contributed by atoms with Gasteiger partial charge in [0.25, 0.3) is 5.56 Å². The van der Waals surface area contributed by atoms with Crippen LogP contribution in [0.15, 0.2) is 29.2 Å². The van der Waals surface area contributed by atoms with Gasteiger partial charge in [0.1, 0.15) is 0 Å². The summed E-state index contributed by atoms with van der Waals surface area (Å²) in [4.78, 5) is 16.3. The van der Waals surface area contributed by atoms with Crippen molar-refractivity contribution >= 4 is 10.9 Å². The molecule has 1 aliphatic carbocycles. The lowest BCUT2D eigenvalue weighted by Gasteiger charge is -2.23. The van der Waals surface area contributed by atoms with E-state index in [0.29, 0.717) is 11.8 Å². The number of piperidine rings is 1. The summed E-state index contributed by atoms with van der Waals surface area (Å²) in [5.41, 5.74) is 8.97. The Kier molecular flexibility index (Phi) is 4.62. The minimum Gasteiger partial charge on any atom is -0.354 e. The third kappa shape index (κ3) is 3.05. The van der Waals surface area contributed by atoms with Crippen LogP contribution in [-0.4, -0.2) is 22.6 Å². The van der Waals surface area contributed by atoms with Gasteiger partial charge in [-0.2, -0.15) is 0 Å². The molecule has 3 aromatic rings. The molecule has 4 heteroatoms. The van der Waals surface area contributed by atoms with Crippen molar-refractivity contribution in [2.45, 2.75) is 57.8 Å². The summed E-state index contributed by atoms with van der Waals surface area (Å²) < 4.78 is 1.77. The molecule has 4 nitrogen and oxygen atoms in total. The maximum atomic E-state index is 12.6.